The number of hydrogen-bond donors (Lipinski definition) is 0. The number of halogens is 5. The smallest absolute Gasteiger partial charge is 0.292 e. The second kappa shape index (κ2) is 5.81. The lowest BCUT2D eigenvalue weighted by molar-refractivity contribution is -0.144. The van der Waals surface area contributed by atoms with Gasteiger partial charge in [-0.2, -0.15) is 13.2 Å². The molecule has 118 valence electrons. The maximum atomic E-state index is 12.7. The summed E-state index contributed by atoms with van der Waals surface area (Å²) in [5.41, 5.74) is -3.11. The Balaban J connectivity index is 2.59. The quantitative estimate of drug-likeness (QED) is 0.833. The molecule has 1 aromatic heterocycles. The minimum absolute atomic E-state index is 0.137. The standard InChI is InChI=1S/C13H9Cl2F3N2O2/c1-19-9(13(16,17)18)5-10(21)20(12(19)22)6-7-3-2-4-8(14)11(7)15/h2-5H,6H2,1H3. The van der Waals surface area contributed by atoms with Gasteiger partial charge in [0.05, 0.1) is 16.6 Å². The summed E-state index contributed by atoms with van der Waals surface area (Å²) >= 11 is 11.8. The Morgan fingerprint density at radius 3 is 2.41 bits per heavy atom. The summed E-state index contributed by atoms with van der Waals surface area (Å²) in [7, 11) is 0.945. The van der Waals surface area contributed by atoms with Crippen molar-refractivity contribution in [3.8, 4) is 0 Å². The van der Waals surface area contributed by atoms with Crippen molar-refractivity contribution in [1.82, 2.24) is 9.13 Å². The summed E-state index contributed by atoms with van der Waals surface area (Å²) in [6.45, 7) is -0.275. The number of hydrogen-bond acceptors (Lipinski definition) is 2. The lowest BCUT2D eigenvalue weighted by atomic mass is 10.2. The summed E-state index contributed by atoms with van der Waals surface area (Å²) in [6, 6.07) is 4.97. The maximum absolute atomic E-state index is 12.7. The highest BCUT2D eigenvalue weighted by atomic mass is 35.5. The maximum Gasteiger partial charge on any atom is 0.431 e. The van der Waals surface area contributed by atoms with Crippen molar-refractivity contribution < 1.29 is 13.2 Å². The zero-order chi connectivity index (χ0) is 16.7. The van der Waals surface area contributed by atoms with E-state index < -0.39 is 23.1 Å². The second-order valence-corrected chi connectivity index (χ2v) is 5.29. The predicted octanol–water partition coefficient (Wildman–Crippen LogP) is 2.92. The fourth-order valence-corrected chi connectivity index (χ4v) is 2.31. The van der Waals surface area contributed by atoms with Crippen molar-refractivity contribution in [2.75, 3.05) is 0 Å². The molecule has 2 rings (SSSR count). The average molecular weight is 353 g/mol. The molecule has 0 saturated carbocycles. The van der Waals surface area contributed by atoms with Crippen LogP contribution in [0.25, 0.3) is 0 Å². The Labute approximate surface area is 132 Å². The lowest BCUT2D eigenvalue weighted by Gasteiger charge is -2.14. The molecule has 4 nitrogen and oxygen atoms in total. The molecule has 0 amide bonds. The van der Waals surface area contributed by atoms with Crippen LogP contribution in [0.4, 0.5) is 13.2 Å². The largest absolute Gasteiger partial charge is 0.431 e. The third kappa shape index (κ3) is 3.05. The van der Waals surface area contributed by atoms with E-state index >= 15 is 0 Å². The zero-order valence-corrected chi connectivity index (χ0v) is 12.6. The van der Waals surface area contributed by atoms with Gasteiger partial charge < -0.3 is 0 Å². The molecule has 0 N–H and O–H groups in total. The van der Waals surface area contributed by atoms with Gasteiger partial charge in [0.1, 0.15) is 5.69 Å². The van der Waals surface area contributed by atoms with Crippen molar-refractivity contribution in [3.05, 3.63) is 66.4 Å². The Kier molecular flexibility index (Phi) is 4.39. The number of aromatic nitrogens is 2. The number of alkyl halides is 3. The van der Waals surface area contributed by atoms with Crippen LogP contribution < -0.4 is 11.2 Å². The van der Waals surface area contributed by atoms with E-state index in [4.69, 9.17) is 23.2 Å². The first-order valence-electron chi connectivity index (χ1n) is 5.94. The predicted molar refractivity (Wildman–Crippen MR) is 76.5 cm³/mol. The van der Waals surface area contributed by atoms with Crippen LogP contribution >= 0.6 is 23.2 Å². The molecule has 1 heterocycles. The van der Waals surface area contributed by atoms with Gasteiger partial charge in [-0.15, -0.1) is 0 Å². The molecule has 0 bridgehead atoms. The van der Waals surface area contributed by atoms with Crippen LogP contribution in [0, 0.1) is 0 Å². The molecule has 9 heteroatoms. The Morgan fingerprint density at radius 2 is 1.82 bits per heavy atom. The normalized spacial score (nSPS) is 11.7. The van der Waals surface area contributed by atoms with Gasteiger partial charge in [0, 0.05) is 13.1 Å². The highest BCUT2D eigenvalue weighted by molar-refractivity contribution is 6.42. The van der Waals surface area contributed by atoms with E-state index in [2.05, 4.69) is 0 Å². The zero-order valence-electron chi connectivity index (χ0n) is 11.1. The van der Waals surface area contributed by atoms with Crippen molar-refractivity contribution in [1.29, 1.82) is 0 Å². The van der Waals surface area contributed by atoms with Crippen molar-refractivity contribution in [2.24, 2.45) is 7.05 Å². The summed E-state index contributed by atoms with van der Waals surface area (Å²) in [5.74, 6) is 0. The highest BCUT2D eigenvalue weighted by Crippen LogP contribution is 2.27. The summed E-state index contributed by atoms with van der Waals surface area (Å²) in [6.07, 6.45) is -4.79. The van der Waals surface area contributed by atoms with E-state index in [1.165, 1.54) is 12.1 Å². The molecule has 2 aromatic rings. The van der Waals surface area contributed by atoms with Gasteiger partial charge in [0.15, 0.2) is 0 Å². The van der Waals surface area contributed by atoms with Gasteiger partial charge in [-0.1, -0.05) is 35.3 Å². The van der Waals surface area contributed by atoms with E-state index in [1.54, 1.807) is 6.07 Å². The van der Waals surface area contributed by atoms with Crippen molar-refractivity contribution in [2.45, 2.75) is 12.7 Å². The SMILES string of the molecule is Cn1c(C(F)(F)F)cc(=O)n(Cc2cccc(Cl)c2Cl)c1=O. The fourth-order valence-electron chi connectivity index (χ4n) is 1.93. The minimum atomic E-state index is -4.79. The summed E-state index contributed by atoms with van der Waals surface area (Å²) in [4.78, 5) is 23.8. The van der Waals surface area contributed by atoms with Crippen LogP contribution in [0.2, 0.25) is 10.0 Å². The monoisotopic (exact) mass is 352 g/mol. The van der Waals surface area contributed by atoms with Crippen molar-refractivity contribution in [3.63, 3.8) is 0 Å². The molecule has 0 radical (unpaired) electrons. The van der Waals surface area contributed by atoms with Crippen LogP contribution in [0.5, 0.6) is 0 Å². The van der Waals surface area contributed by atoms with Gasteiger partial charge in [-0.3, -0.25) is 13.9 Å². The second-order valence-electron chi connectivity index (χ2n) is 4.51. The highest BCUT2D eigenvalue weighted by Gasteiger charge is 2.34. The molecule has 0 unspecified atom stereocenters. The molecule has 0 fully saturated rings. The fraction of sp³-hybridized carbons (Fsp3) is 0.231. The van der Waals surface area contributed by atoms with Crippen LogP contribution in [0.3, 0.4) is 0 Å². The van der Waals surface area contributed by atoms with Gasteiger partial charge in [-0.05, 0) is 11.6 Å². The molecular weight excluding hydrogens is 344 g/mol. The number of nitrogens with zero attached hydrogens (tertiary/aromatic N) is 2. The molecule has 0 aliphatic carbocycles. The van der Waals surface area contributed by atoms with E-state index in [0.29, 0.717) is 20.8 Å². The topological polar surface area (TPSA) is 44.0 Å². The molecule has 0 spiro atoms. The molecular formula is C13H9Cl2F3N2O2. The van der Waals surface area contributed by atoms with E-state index in [9.17, 15) is 22.8 Å². The first-order valence-corrected chi connectivity index (χ1v) is 6.69. The van der Waals surface area contributed by atoms with Crippen LogP contribution in [0.1, 0.15) is 11.3 Å². The van der Waals surface area contributed by atoms with E-state index in [-0.39, 0.29) is 16.6 Å². The van der Waals surface area contributed by atoms with Crippen LogP contribution in [-0.2, 0) is 19.8 Å². The first-order chi connectivity index (χ1) is 10.1. The third-order valence-corrected chi connectivity index (χ3v) is 3.91. The number of rotatable bonds is 2. The molecule has 0 aliphatic heterocycles. The molecule has 0 aliphatic rings. The van der Waals surface area contributed by atoms with Gasteiger partial charge in [-0.25, -0.2) is 4.79 Å². The van der Waals surface area contributed by atoms with Crippen LogP contribution in [-0.4, -0.2) is 9.13 Å². The summed E-state index contributed by atoms with van der Waals surface area (Å²) in [5, 5.41) is 0.356. The Morgan fingerprint density at radius 1 is 1.18 bits per heavy atom. The molecule has 0 atom stereocenters. The first kappa shape index (κ1) is 16.6. The van der Waals surface area contributed by atoms with Crippen molar-refractivity contribution >= 4 is 23.2 Å². The van der Waals surface area contributed by atoms with Gasteiger partial charge >= 0.3 is 11.9 Å². The van der Waals surface area contributed by atoms with E-state index in [1.807, 2.05) is 0 Å². The average Bonchev–Trinajstić information content (AvgIpc) is 2.42. The number of benzene rings is 1. The molecule has 1 aromatic carbocycles. The molecule has 0 saturated heterocycles. The van der Waals surface area contributed by atoms with E-state index in [0.717, 1.165) is 7.05 Å². The van der Waals surface area contributed by atoms with Crippen LogP contribution in [0.15, 0.2) is 33.9 Å². The van der Waals surface area contributed by atoms with Gasteiger partial charge in [0.25, 0.3) is 5.56 Å². The molecule has 22 heavy (non-hydrogen) atoms. The Hall–Kier alpha value is -1.73. The Bertz CT molecular complexity index is 841. The van der Waals surface area contributed by atoms with Gasteiger partial charge in [0.2, 0.25) is 0 Å². The third-order valence-electron chi connectivity index (χ3n) is 3.06. The minimum Gasteiger partial charge on any atom is -0.292 e. The lowest BCUT2D eigenvalue weighted by Crippen LogP contribution is -2.41. The summed E-state index contributed by atoms with van der Waals surface area (Å²) < 4.78 is 39.2.